The monoisotopic (exact) mass is 206 g/mol. The van der Waals surface area contributed by atoms with Crippen LogP contribution in [0.1, 0.15) is 12.8 Å². The van der Waals surface area contributed by atoms with Crippen LogP contribution in [-0.2, 0) is 23.1 Å². The van der Waals surface area contributed by atoms with Gasteiger partial charge in [0.25, 0.3) is 0 Å². The first kappa shape index (κ1) is 9.34. The topological polar surface area (TPSA) is 65.1 Å². The van der Waals surface area contributed by atoms with Crippen LogP contribution in [0.4, 0.5) is 0 Å². The van der Waals surface area contributed by atoms with Crippen LogP contribution < -0.4 is 0 Å². The van der Waals surface area contributed by atoms with Crippen molar-refractivity contribution in [2.24, 2.45) is 0 Å². The number of hydrogen-bond acceptors (Lipinski definition) is 5. The van der Waals surface area contributed by atoms with Gasteiger partial charge in [-0.05, 0) is 6.42 Å². The first-order valence-electron chi connectivity index (χ1n) is 4.02. The Morgan fingerprint density at radius 3 is 2.46 bits per heavy atom. The van der Waals surface area contributed by atoms with Crippen molar-refractivity contribution in [3.05, 3.63) is 0 Å². The van der Waals surface area contributed by atoms with Crippen molar-refractivity contribution >= 4 is 13.4 Å². The lowest BCUT2D eigenvalue weighted by molar-refractivity contribution is -0.119. The van der Waals surface area contributed by atoms with E-state index in [0.29, 0.717) is 12.8 Å². The lowest BCUT2D eigenvalue weighted by atomic mass is 10.3. The third-order valence-electron chi connectivity index (χ3n) is 2.64. The molecule has 0 bridgehead atoms. The van der Waals surface area contributed by atoms with E-state index in [1.54, 1.807) is 0 Å². The fourth-order valence-electron chi connectivity index (χ4n) is 1.84. The average molecular weight is 206 g/mol. The number of hydrogen-bond donors (Lipinski definition) is 0. The van der Waals surface area contributed by atoms with E-state index in [0.717, 1.165) is 0 Å². The number of Topliss-reactive ketones (excluding diaryl/α,β-unsaturated/α-hetero) is 1. The number of ether oxygens (including phenoxy) is 1. The number of carbonyl (C=O) groups excluding carboxylic acids is 1. The first-order chi connectivity index (χ1) is 6.09. The molecule has 1 aliphatic carbocycles. The van der Waals surface area contributed by atoms with E-state index in [-0.39, 0.29) is 5.78 Å². The summed E-state index contributed by atoms with van der Waals surface area (Å²) < 4.78 is 26.7. The lowest BCUT2D eigenvalue weighted by Gasteiger charge is -2.18. The Balaban J connectivity index is 2.28. The molecule has 0 aromatic carbocycles. The molecule has 0 N–H and O–H groups in total. The summed E-state index contributed by atoms with van der Waals surface area (Å²) in [5, 5.41) is -0.951. The minimum Gasteiger partial charge on any atom is -0.344 e. The Bertz CT molecular complexity index is 293. The molecular formula is C7H11O5P. The van der Waals surface area contributed by atoms with Gasteiger partial charge in [0.1, 0.15) is 0 Å². The van der Waals surface area contributed by atoms with Gasteiger partial charge in [0, 0.05) is 20.6 Å². The Kier molecular flexibility index (Phi) is 1.90. The molecule has 1 saturated heterocycles. The zero-order chi connectivity index (χ0) is 9.69. The van der Waals surface area contributed by atoms with Gasteiger partial charge in [-0.25, -0.2) is 0 Å². The molecule has 2 unspecified atom stereocenters. The maximum atomic E-state index is 11.9. The zero-order valence-corrected chi connectivity index (χ0v) is 8.37. The Hall–Kier alpha value is -0.220. The smallest absolute Gasteiger partial charge is 0.344 e. The van der Waals surface area contributed by atoms with Gasteiger partial charge in [-0.3, -0.25) is 9.36 Å². The SMILES string of the molecule is COP(=O)(OC)C12CCC(=O)C1O2. The lowest BCUT2D eigenvalue weighted by Crippen LogP contribution is -2.14. The van der Waals surface area contributed by atoms with E-state index in [2.05, 4.69) is 0 Å². The highest BCUT2D eigenvalue weighted by molar-refractivity contribution is 7.56. The van der Waals surface area contributed by atoms with E-state index in [1.807, 2.05) is 0 Å². The maximum Gasteiger partial charge on any atom is 0.364 e. The molecule has 2 atom stereocenters. The number of rotatable bonds is 3. The van der Waals surface area contributed by atoms with Crippen molar-refractivity contribution in [3.8, 4) is 0 Å². The minimum absolute atomic E-state index is 0.00525. The molecule has 1 heterocycles. The van der Waals surface area contributed by atoms with Crippen LogP contribution in [0.5, 0.6) is 0 Å². The molecule has 2 rings (SSSR count). The van der Waals surface area contributed by atoms with E-state index < -0.39 is 19.0 Å². The van der Waals surface area contributed by atoms with Gasteiger partial charge in [0.2, 0.25) is 5.34 Å². The van der Waals surface area contributed by atoms with Crippen LogP contribution in [0.25, 0.3) is 0 Å². The molecule has 1 aliphatic heterocycles. The summed E-state index contributed by atoms with van der Waals surface area (Å²) in [7, 11) is -0.635. The van der Waals surface area contributed by atoms with E-state index >= 15 is 0 Å². The van der Waals surface area contributed by atoms with Gasteiger partial charge in [0.15, 0.2) is 11.9 Å². The van der Waals surface area contributed by atoms with Gasteiger partial charge in [-0.2, -0.15) is 0 Å². The normalized spacial score (nSPS) is 37.7. The van der Waals surface area contributed by atoms with E-state index in [9.17, 15) is 9.36 Å². The first-order valence-corrected chi connectivity index (χ1v) is 5.56. The van der Waals surface area contributed by atoms with Crippen LogP contribution in [0.15, 0.2) is 0 Å². The molecule has 1 saturated carbocycles. The van der Waals surface area contributed by atoms with Crippen molar-refractivity contribution in [3.63, 3.8) is 0 Å². The second kappa shape index (κ2) is 2.64. The Morgan fingerprint density at radius 2 is 2.15 bits per heavy atom. The number of carbonyl (C=O) groups is 1. The van der Waals surface area contributed by atoms with Crippen molar-refractivity contribution in [1.82, 2.24) is 0 Å². The largest absolute Gasteiger partial charge is 0.364 e. The van der Waals surface area contributed by atoms with E-state index in [4.69, 9.17) is 13.8 Å². The summed E-state index contributed by atoms with van der Waals surface area (Å²) in [4.78, 5) is 11.1. The highest BCUT2D eigenvalue weighted by Crippen LogP contribution is 2.73. The summed E-state index contributed by atoms with van der Waals surface area (Å²) in [6.07, 6.45) is 0.287. The highest BCUT2D eigenvalue weighted by Gasteiger charge is 2.75. The summed E-state index contributed by atoms with van der Waals surface area (Å²) in [5.74, 6) is -0.00525. The quantitative estimate of drug-likeness (QED) is 0.507. The molecule has 0 amide bonds. The predicted molar refractivity (Wildman–Crippen MR) is 43.5 cm³/mol. The van der Waals surface area contributed by atoms with Gasteiger partial charge in [-0.1, -0.05) is 0 Å². The fraction of sp³-hybridized carbons (Fsp3) is 0.857. The molecule has 2 fully saturated rings. The predicted octanol–water partition coefficient (Wildman–Crippen LogP) is 0.930. The molecule has 6 heteroatoms. The number of epoxide rings is 1. The third kappa shape index (κ3) is 0.987. The van der Waals surface area contributed by atoms with Gasteiger partial charge in [-0.15, -0.1) is 0 Å². The van der Waals surface area contributed by atoms with Crippen LogP contribution in [-0.4, -0.2) is 31.4 Å². The van der Waals surface area contributed by atoms with E-state index in [1.165, 1.54) is 14.2 Å². The third-order valence-corrected chi connectivity index (χ3v) is 5.09. The fourth-order valence-corrected chi connectivity index (χ4v) is 3.66. The van der Waals surface area contributed by atoms with Crippen molar-refractivity contribution in [2.75, 3.05) is 14.2 Å². The minimum atomic E-state index is -3.25. The van der Waals surface area contributed by atoms with Crippen molar-refractivity contribution in [2.45, 2.75) is 24.3 Å². The molecule has 13 heavy (non-hydrogen) atoms. The molecule has 2 aliphatic rings. The highest BCUT2D eigenvalue weighted by atomic mass is 31.2. The van der Waals surface area contributed by atoms with Crippen molar-refractivity contribution in [1.29, 1.82) is 0 Å². The van der Waals surface area contributed by atoms with Crippen LogP contribution in [0.3, 0.4) is 0 Å². The molecule has 0 aromatic heterocycles. The molecule has 74 valence electrons. The zero-order valence-electron chi connectivity index (χ0n) is 7.48. The summed E-state index contributed by atoms with van der Waals surface area (Å²) in [6, 6.07) is 0. The van der Waals surface area contributed by atoms with Crippen LogP contribution in [0.2, 0.25) is 0 Å². The Labute approximate surface area is 75.9 Å². The average Bonchev–Trinajstić information content (AvgIpc) is 2.82. The second-order valence-electron chi connectivity index (χ2n) is 3.17. The maximum absolute atomic E-state index is 11.9. The van der Waals surface area contributed by atoms with Gasteiger partial charge < -0.3 is 13.8 Å². The van der Waals surface area contributed by atoms with Gasteiger partial charge in [0.05, 0.1) is 0 Å². The van der Waals surface area contributed by atoms with Crippen molar-refractivity contribution < 1.29 is 23.1 Å². The molecular weight excluding hydrogens is 195 g/mol. The van der Waals surface area contributed by atoms with Crippen LogP contribution >= 0.6 is 7.60 Å². The molecule has 0 radical (unpaired) electrons. The summed E-state index contributed by atoms with van der Waals surface area (Å²) in [5.41, 5.74) is 0. The molecule has 5 nitrogen and oxygen atoms in total. The molecule has 0 spiro atoms. The second-order valence-corrected chi connectivity index (χ2v) is 5.65. The number of fused-ring (bicyclic) bond motifs is 1. The van der Waals surface area contributed by atoms with Crippen LogP contribution in [0, 0.1) is 0 Å². The van der Waals surface area contributed by atoms with Gasteiger partial charge >= 0.3 is 7.60 Å². The standard InChI is InChI=1S/C7H11O5P/c1-10-13(9,11-2)7-4-3-5(8)6(7)12-7/h6H,3-4H2,1-2H3. The summed E-state index contributed by atoms with van der Waals surface area (Å²) >= 11 is 0. The Morgan fingerprint density at radius 1 is 1.54 bits per heavy atom. The number of ketones is 1. The summed E-state index contributed by atoms with van der Waals surface area (Å²) in [6.45, 7) is 0. The molecule has 0 aromatic rings.